The number of para-hydroxylation sites is 1. The second kappa shape index (κ2) is 7.54. The van der Waals surface area contributed by atoms with Gasteiger partial charge in [0, 0.05) is 17.6 Å². The molecule has 108 valence electrons. The first-order chi connectivity index (χ1) is 8.91. The zero-order chi connectivity index (χ0) is 12.8. The van der Waals surface area contributed by atoms with Gasteiger partial charge in [0.05, 0.1) is 0 Å². The highest BCUT2D eigenvalue weighted by Crippen LogP contribution is 2.43. The van der Waals surface area contributed by atoms with Crippen molar-refractivity contribution in [2.24, 2.45) is 0 Å². The summed E-state index contributed by atoms with van der Waals surface area (Å²) >= 11 is 0. The average Bonchev–Trinajstić information content (AvgIpc) is 2.77. The zero-order valence-corrected chi connectivity index (χ0v) is 11.8. The molecule has 2 nitrogen and oxygen atoms in total. The van der Waals surface area contributed by atoms with Crippen LogP contribution in [0.15, 0.2) is 24.3 Å². The Morgan fingerprint density at radius 3 is 2.32 bits per heavy atom. The van der Waals surface area contributed by atoms with Crippen molar-refractivity contribution in [3.05, 3.63) is 29.8 Å². The van der Waals surface area contributed by atoms with Gasteiger partial charge in [0.25, 0.3) is 0 Å². The monoisotopic (exact) mass is 262 g/mol. The Morgan fingerprint density at radius 1 is 1.00 bits per heavy atom. The van der Waals surface area contributed by atoms with E-state index < -0.39 is 0 Å². The summed E-state index contributed by atoms with van der Waals surface area (Å²) in [5.74, 6) is 0. The Morgan fingerprint density at radius 2 is 1.63 bits per heavy atom. The zero-order valence-electron chi connectivity index (χ0n) is 11.8. The fraction of sp³-hybridized carbons (Fsp3) is 0.647. The Bertz CT molecular complexity index is 365. The molecule has 1 aromatic rings. The standard InChI is InChI=1S/C14H20N2.C2H6.CH4/c1-2-6-13-12(5-1)14(11-16-13)7-3-9-15-10-4-8-14;1-2;/h1-2,5-6,15-16H,3-4,7-11H2;1-2H3;1H4. The molecule has 0 saturated carbocycles. The van der Waals surface area contributed by atoms with Crippen molar-refractivity contribution in [1.29, 1.82) is 0 Å². The van der Waals surface area contributed by atoms with Crippen molar-refractivity contribution in [1.82, 2.24) is 5.32 Å². The summed E-state index contributed by atoms with van der Waals surface area (Å²) in [5.41, 5.74) is 3.37. The molecule has 2 heterocycles. The molecular weight excluding hydrogens is 232 g/mol. The molecule has 0 bridgehead atoms. The largest absolute Gasteiger partial charge is 0.384 e. The number of rotatable bonds is 0. The van der Waals surface area contributed by atoms with E-state index >= 15 is 0 Å². The van der Waals surface area contributed by atoms with Crippen LogP contribution in [0.25, 0.3) is 0 Å². The van der Waals surface area contributed by atoms with Crippen molar-refractivity contribution >= 4 is 5.69 Å². The van der Waals surface area contributed by atoms with E-state index in [-0.39, 0.29) is 7.43 Å². The molecule has 1 spiro atoms. The smallest absolute Gasteiger partial charge is 0.0379 e. The lowest BCUT2D eigenvalue weighted by Crippen LogP contribution is -2.33. The number of fused-ring (bicyclic) bond motifs is 2. The molecule has 0 aromatic heterocycles. The maximum Gasteiger partial charge on any atom is 0.0379 e. The van der Waals surface area contributed by atoms with Gasteiger partial charge in [-0.25, -0.2) is 0 Å². The van der Waals surface area contributed by atoms with E-state index in [0.29, 0.717) is 5.41 Å². The van der Waals surface area contributed by atoms with Gasteiger partial charge in [-0.2, -0.15) is 0 Å². The summed E-state index contributed by atoms with van der Waals surface area (Å²) in [7, 11) is 0. The highest BCUT2D eigenvalue weighted by molar-refractivity contribution is 5.60. The highest BCUT2D eigenvalue weighted by Gasteiger charge is 2.37. The predicted molar refractivity (Wildman–Crippen MR) is 86.0 cm³/mol. The first-order valence-electron chi connectivity index (χ1n) is 7.45. The van der Waals surface area contributed by atoms with Gasteiger partial charge in [-0.15, -0.1) is 0 Å². The van der Waals surface area contributed by atoms with Gasteiger partial charge in [0.15, 0.2) is 0 Å². The molecule has 3 rings (SSSR count). The van der Waals surface area contributed by atoms with E-state index in [4.69, 9.17) is 0 Å². The third-order valence-corrected chi connectivity index (χ3v) is 4.13. The summed E-state index contributed by atoms with van der Waals surface area (Å²) < 4.78 is 0. The topological polar surface area (TPSA) is 24.1 Å². The van der Waals surface area contributed by atoms with Crippen molar-refractivity contribution < 1.29 is 0 Å². The average molecular weight is 262 g/mol. The maximum absolute atomic E-state index is 3.59. The van der Waals surface area contributed by atoms with Gasteiger partial charge >= 0.3 is 0 Å². The fourth-order valence-corrected chi connectivity index (χ4v) is 3.26. The normalized spacial score (nSPS) is 19.9. The van der Waals surface area contributed by atoms with Crippen LogP contribution in [0.2, 0.25) is 0 Å². The van der Waals surface area contributed by atoms with Crippen molar-refractivity contribution in [2.75, 3.05) is 25.0 Å². The molecule has 1 fully saturated rings. The van der Waals surface area contributed by atoms with Gasteiger partial charge in [-0.1, -0.05) is 39.5 Å². The summed E-state index contributed by atoms with van der Waals surface area (Å²) in [6, 6.07) is 8.87. The molecule has 0 amide bonds. The molecule has 0 atom stereocenters. The third-order valence-electron chi connectivity index (χ3n) is 4.13. The van der Waals surface area contributed by atoms with Gasteiger partial charge < -0.3 is 10.6 Å². The van der Waals surface area contributed by atoms with E-state index in [9.17, 15) is 0 Å². The van der Waals surface area contributed by atoms with Crippen LogP contribution in [0.3, 0.4) is 0 Å². The van der Waals surface area contributed by atoms with Gasteiger partial charge in [0.1, 0.15) is 0 Å². The Balaban J connectivity index is 0.000000576. The van der Waals surface area contributed by atoms with E-state index in [1.54, 1.807) is 5.56 Å². The lowest BCUT2D eigenvalue weighted by atomic mass is 9.74. The van der Waals surface area contributed by atoms with Crippen LogP contribution in [0, 0.1) is 0 Å². The molecule has 2 N–H and O–H groups in total. The molecule has 0 radical (unpaired) electrons. The van der Waals surface area contributed by atoms with Crippen LogP contribution in [0.5, 0.6) is 0 Å². The molecular formula is C17H30N2. The van der Waals surface area contributed by atoms with Gasteiger partial charge in [-0.05, 0) is 50.4 Å². The van der Waals surface area contributed by atoms with E-state index in [0.717, 1.165) is 6.54 Å². The van der Waals surface area contributed by atoms with Crippen LogP contribution in [0.1, 0.15) is 52.5 Å². The van der Waals surface area contributed by atoms with Crippen LogP contribution in [-0.4, -0.2) is 19.6 Å². The van der Waals surface area contributed by atoms with E-state index in [1.165, 1.54) is 44.5 Å². The molecule has 0 unspecified atom stereocenters. The molecule has 19 heavy (non-hydrogen) atoms. The second-order valence-electron chi connectivity index (χ2n) is 5.14. The molecule has 2 aliphatic rings. The maximum atomic E-state index is 3.59. The summed E-state index contributed by atoms with van der Waals surface area (Å²) in [4.78, 5) is 0. The lowest BCUT2D eigenvalue weighted by Gasteiger charge is -2.31. The minimum absolute atomic E-state index is 0. The van der Waals surface area contributed by atoms with Crippen molar-refractivity contribution in [3.63, 3.8) is 0 Å². The van der Waals surface area contributed by atoms with Gasteiger partial charge in [-0.3, -0.25) is 0 Å². The number of anilines is 1. The van der Waals surface area contributed by atoms with Crippen molar-refractivity contribution in [2.45, 2.75) is 52.4 Å². The predicted octanol–water partition coefficient (Wildman–Crippen LogP) is 4.18. The SMILES string of the molecule is C.CC.c1ccc2c(c1)NCC21CCCNCCC1. The number of hydrogen-bond acceptors (Lipinski definition) is 2. The Kier molecular flexibility index (Phi) is 6.36. The summed E-state index contributed by atoms with van der Waals surface area (Å²) in [6.45, 7) is 7.51. The molecule has 2 aliphatic heterocycles. The number of hydrogen-bond donors (Lipinski definition) is 2. The molecule has 2 heteroatoms. The third kappa shape index (κ3) is 3.30. The molecule has 1 saturated heterocycles. The van der Waals surface area contributed by atoms with E-state index in [2.05, 4.69) is 34.9 Å². The van der Waals surface area contributed by atoms with Gasteiger partial charge in [0.2, 0.25) is 0 Å². The van der Waals surface area contributed by atoms with Crippen LogP contribution in [0.4, 0.5) is 5.69 Å². The molecule has 0 aliphatic carbocycles. The first kappa shape index (κ1) is 16.0. The minimum Gasteiger partial charge on any atom is -0.384 e. The quantitative estimate of drug-likeness (QED) is 0.733. The Hall–Kier alpha value is -1.02. The Labute approximate surface area is 119 Å². The molecule has 1 aromatic carbocycles. The second-order valence-corrected chi connectivity index (χ2v) is 5.14. The van der Waals surface area contributed by atoms with Crippen molar-refractivity contribution in [3.8, 4) is 0 Å². The summed E-state index contributed by atoms with van der Waals surface area (Å²) in [5, 5.41) is 7.09. The van der Waals surface area contributed by atoms with Crippen LogP contribution in [-0.2, 0) is 5.41 Å². The minimum atomic E-state index is 0. The number of benzene rings is 1. The fourth-order valence-electron chi connectivity index (χ4n) is 3.26. The van der Waals surface area contributed by atoms with E-state index in [1.807, 2.05) is 13.8 Å². The summed E-state index contributed by atoms with van der Waals surface area (Å²) in [6.07, 6.45) is 5.25. The first-order valence-corrected chi connectivity index (χ1v) is 7.45. The lowest BCUT2D eigenvalue weighted by molar-refractivity contribution is 0.348. The number of nitrogens with one attached hydrogen (secondary N) is 2. The highest BCUT2D eigenvalue weighted by atomic mass is 14.9. The van der Waals surface area contributed by atoms with Crippen LogP contribution >= 0.6 is 0 Å². The van der Waals surface area contributed by atoms with Crippen LogP contribution < -0.4 is 10.6 Å².